The number of anilines is 1. The molecule has 1 aromatic carbocycles. The van der Waals surface area contributed by atoms with Crippen molar-refractivity contribution < 1.29 is 14.7 Å². The van der Waals surface area contributed by atoms with Crippen molar-refractivity contribution in [1.29, 1.82) is 5.41 Å². The van der Waals surface area contributed by atoms with Gasteiger partial charge in [-0.1, -0.05) is 6.07 Å². The number of hydrogen-bond donors (Lipinski definition) is 5. The van der Waals surface area contributed by atoms with Gasteiger partial charge in [0, 0.05) is 35.1 Å². The minimum atomic E-state index is -1.24. The van der Waals surface area contributed by atoms with E-state index >= 15 is 0 Å². The molecule has 1 amide bonds. The summed E-state index contributed by atoms with van der Waals surface area (Å²) in [5.41, 5.74) is 9.08. The third kappa shape index (κ3) is 4.84. The quantitative estimate of drug-likeness (QED) is 0.291. The zero-order valence-corrected chi connectivity index (χ0v) is 17.1. The number of amides is 1. The highest BCUT2D eigenvalue weighted by Crippen LogP contribution is 2.27. The van der Waals surface area contributed by atoms with Gasteiger partial charge in [0.1, 0.15) is 11.5 Å². The fourth-order valence-electron chi connectivity index (χ4n) is 3.04. The van der Waals surface area contributed by atoms with Crippen LogP contribution in [0.2, 0.25) is 0 Å². The predicted molar refractivity (Wildman–Crippen MR) is 117 cm³/mol. The zero-order valence-electron chi connectivity index (χ0n) is 17.1. The summed E-state index contributed by atoms with van der Waals surface area (Å²) in [5.74, 6) is -1.71. The number of nitrogens with two attached hydrogens (primary N) is 1. The Morgan fingerprint density at radius 2 is 1.71 bits per heavy atom. The van der Waals surface area contributed by atoms with E-state index in [1.807, 2.05) is 6.92 Å². The molecule has 158 valence electrons. The second-order valence-electron chi connectivity index (χ2n) is 6.77. The van der Waals surface area contributed by atoms with Crippen molar-refractivity contribution in [2.45, 2.75) is 13.5 Å². The molecule has 31 heavy (non-hydrogen) atoms. The molecule has 0 unspecified atom stereocenters. The lowest BCUT2D eigenvalue weighted by Gasteiger charge is -2.14. The number of nitrogen functional groups attached to an aromatic ring is 1. The van der Waals surface area contributed by atoms with E-state index in [0.717, 1.165) is 11.4 Å². The number of nitrogens with one attached hydrogen (secondary N) is 3. The summed E-state index contributed by atoms with van der Waals surface area (Å²) in [6, 6.07) is 13.7. The summed E-state index contributed by atoms with van der Waals surface area (Å²) in [5, 5.41) is 22.8. The number of amidine groups is 1. The summed E-state index contributed by atoms with van der Waals surface area (Å²) in [6.45, 7) is 2.17. The van der Waals surface area contributed by atoms with Gasteiger partial charge < -0.3 is 21.5 Å². The summed E-state index contributed by atoms with van der Waals surface area (Å²) in [6.07, 6.45) is 0. The topological polar surface area (TPSA) is 154 Å². The van der Waals surface area contributed by atoms with Crippen molar-refractivity contribution in [2.24, 2.45) is 5.73 Å². The first-order chi connectivity index (χ1) is 14.8. The van der Waals surface area contributed by atoms with E-state index in [1.54, 1.807) is 42.5 Å². The van der Waals surface area contributed by atoms with Gasteiger partial charge in [-0.2, -0.15) is 0 Å². The maximum Gasteiger partial charge on any atom is 0.355 e. The average molecular weight is 418 g/mol. The number of benzene rings is 1. The van der Waals surface area contributed by atoms with E-state index in [4.69, 9.17) is 11.1 Å². The van der Waals surface area contributed by atoms with E-state index in [9.17, 15) is 14.7 Å². The van der Waals surface area contributed by atoms with Crippen molar-refractivity contribution >= 4 is 23.4 Å². The highest BCUT2D eigenvalue weighted by atomic mass is 16.4. The minimum Gasteiger partial charge on any atom is -0.476 e. The number of aromatic carboxylic acids is 1. The lowest BCUT2D eigenvalue weighted by atomic mass is 10.0. The third-order valence-electron chi connectivity index (χ3n) is 4.62. The maximum atomic E-state index is 11.9. The van der Waals surface area contributed by atoms with Crippen molar-refractivity contribution in [2.75, 3.05) is 12.4 Å². The molecular formula is C22H22N6O3. The number of rotatable bonds is 7. The van der Waals surface area contributed by atoms with Gasteiger partial charge in [0.15, 0.2) is 5.69 Å². The molecule has 2 aromatic heterocycles. The molecule has 3 aromatic rings. The van der Waals surface area contributed by atoms with E-state index in [0.29, 0.717) is 28.9 Å². The molecule has 0 aliphatic carbocycles. The first-order valence-corrected chi connectivity index (χ1v) is 9.41. The van der Waals surface area contributed by atoms with Crippen LogP contribution in [0.1, 0.15) is 37.9 Å². The number of carbonyl (C=O) groups excluding carboxylic acids is 1. The van der Waals surface area contributed by atoms with Gasteiger partial charge in [0.25, 0.3) is 5.91 Å². The third-order valence-corrected chi connectivity index (χ3v) is 4.62. The maximum absolute atomic E-state index is 11.9. The van der Waals surface area contributed by atoms with Crippen molar-refractivity contribution in [3.05, 3.63) is 76.9 Å². The largest absolute Gasteiger partial charge is 0.476 e. The molecule has 2 heterocycles. The van der Waals surface area contributed by atoms with Gasteiger partial charge in [-0.05, 0) is 49.4 Å². The Kier molecular flexibility index (Phi) is 6.25. The van der Waals surface area contributed by atoms with Crippen LogP contribution in [0.15, 0.2) is 48.5 Å². The number of carboxylic acids is 1. The molecule has 0 saturated heterocycles. The van der Waals surface area contributed by atoms with Gasteiger partial charge in [0.05, 0.1) is 12.2 Å². The van der Waals surface area contributed by atoms with Crippen LogP contribution in [0.5, 0.6) is 0 Å². The number of aryl methyl sites for hydroxylation is 1. The van der Waals surface area contributed by atoms with Crippen LogP contribution in [0, 0.1) is 12.3 Å². The molecule has 0 fully saturated rings. The van der Waals surface area contributed by atoms with E-state index in [-0.39, 0.29) is 17.2 Å². The number of nitrogens with zero attached hydrogens (tertiary/aromatic N) is 2. The lowest BCUT2D eigenvalue weighted by molar-refractivity contribution is 0.0691. The molecule has 0 bridgehead atoms. The Bertz CT molecular complexity index is 1160. The Hall–Kier alpha value is -4.27. The number of aromatic nitrogens is 2. The minimum absolute atomic E-state index is 0.0110. The van der Waals surface area contributed by atoms with E-state index in [2.05, 4.69) is 20.6 Å². The van der Waals surface area contributed by atoms with Gasteiger partial charge in [0.2, 0.25) is 0 Å². The fraction of sp³-hybridized carbons (Fsp3) is 0.136. The zero-order chi connectivity index (χ0) is 22.5. The summed E-state index contributed by atoms with van der Waals surface area (Å²) in [4.78, 5) is 32.3. The number of carbonyl (C=O) groups is 2. The van der Waals surface area contributed by atoms with Gasteiger partial charge in [-0.3, -0.25) is 15.2 Å². The highest BCUT2D eigenvalue weighted by Gasteiger charge is 2.19. The summed E-state index contributed by atoms with van der Waals surface area (Å²) < 4.78 is 0. The van der Waals surface area contributed by atoms with E-state index < -0.39 is 11.9 Å². The van der Waals surface area contributed by atoms with Gasteiger partial charge in [-0.15, -0.1) is 0 Å². The molecule has 9 heteroatoms. The van der Waals surface area contributed by atoms with Crippen LogP contribution < -0.4 is 16.4 Å². The van der Waals surface area contributed by atoms with Crippen molar-refractivity contribution in [3.63, 3.8) is 0 Å². The van der Waals surface area contributed by atoms with E-state index in [1.165, 1.54) is 13.1 Å². The second kappa shape index (κ2) is 9.04. The summed E-state index contributed by atoms with van der Waals surface area (Å²) >= 11 is 0. The molecule has 0 saturated carbocycles. The van der Waals surface area contributed by atoms with Crippen molar-refractivity contribution in [1.82, 2.24) is 15.3 Å². The SMILES string of the molecule is CNC(=O)c1ccc(-c2ccc(C)nc2CNc2ccc(C(=N)N)cc2)c(C(=O)O)n1. The molecule has 0 aliphatic heterocycles. The number of hydrogen-bond acceptors (Lipinski definition) is 6. The standard InChI is InChI=1S/C22H22N6O3/c1-12-3-8-15(16-9-10-17(21(29)25-2)28-19(16)22(30)31)18(27-12)11-26-14-6-4-13(5-7-14)20(23)24/h3-10,26H,11H2,1-2H3,(H3,23,24)(H,25,29)(H,30,31). The molecule has 9 nitrogen and oxygen atoms in total. The fourth-order valence-corrected chi connectivity index (χ4v) is 3.04. The number of pyridine rings is 2. The van der Waals surface area contributed by atoms with Crippen LogP contribution in [0.4, 0.5) is 5.69 Å². The average Bonchev–Trinajstić information content (AvgIpc) is 2.77. The smallest absolute Gasteiger partial charge is 0.355 e. The normalized spacial score (nSPS) is 10.4. The number of carboxylic acid groups (broad SMARTS) is 1. The highest BCUT2D eigenvalue weighted by molar-refractivity contribution is 5.98. The Labute approximate surface area is 178 Å². The molecule has 3 rings (SSSR count). The first kappa shape index (κ1) is 21.4. The Balaban J connectivity index is 1.97. The van der Waals surface area contributed by atoms with Crippen LogP contribution in [0.25, 0.3) is 11.1 Å². The van der Waals surface area contributed by atoms with Gasteiger partial charge in [-0.25, -0.2) is 9.78 Å². The molecule has 0 radical (unpaired) electrons. The lowest BCUT2D eigenvalue weighted by Crippen LogP contribution is -2.20. The molecule has 0 atom stereocenters. The van der Waals surface area contributed by atoms with Crippen LogP contribution in [-0.2, 0) is 6.54 Å². The molecule has 0 aliphatic rings. The first-order valence-electron chi connectivity index (χ1n) is 9.41. The molecule has 0 spiro atoms. The Morgan fingerprint density at radius 1 is 1.03 bits per heavy atom. The second-order valence-corrected chi connectivity index (χ2v) is 6.77. The molecular weight excluding hydrogens is 396 g/mol. The predicted octanol–water partition coefficient (Wildman–Crippen LogP) is 2.41. The van der Waals surface area contributed by atoms with Crippen molar-refractivity contribution in [3.8, 4) is 11.1 Å². The van der Waals surface area contributed by atoms with Crippen LogP contribution in [0.3, 0.4) is 0 Å². The van der Waals surface area contributed by atoms with Crippen LogP contribution >= 0.6 is 0 Å². The Morgan fingerprint density at radius 3 is 2.32 bits per heavy atom. The van der Waals surface area contributed by atoms with Gasteiger partial charge >= 0.3 is 5.97 Å². The monoisotopic (exact) mass is 418 g/mol. The summed E-state index contributed by atoms with van der Waals surface area (Å²) in [7, 11) is 1.45. The van der Waals surface area contributed by atoms with Crippen LogP contribution in [-0.4, -0.2) is 39.8 Å². The molecule has 6 N–H and O–H groups in total.